The van der Waals surface area contributed by atoms with E-state index in [4.69, 9.17) is 4.74 Å². The number of benzene rings is 3. The van der Waals surface area contributed by atoms with Gasteiger partial charge < -0.3 is 20.7 Å². The Kier molecular flexibility index (Phi) is 6.93. The summed E-state index contributed by atoms with van der Waals surface area (Å²) in [6.07, 6.45) is 2.24. The molecule has 1 unspecified atom stereocenters. The van der Waals surface area contributed by atoms with E-state index >= 15 is 0 Å². The molecule has 6 nitrogen and oxygen atoms in total. The van der Waals surface area contributed by atoms with Gasteiger partial charge in [0.15, 0.2) is 0 Å². The van der Waals surface area contributed by atoms with Crippen LogP contribution in [0.15, 0.2) is 72.8 Å². The van der Waals surface area contributed by atoms with Crippen molar-refractivity contribution in [3.05, 3.63) is 89.5 Å². The molecule has 2 amide bonds. The van der Waals surface area contributed by atoms with E-state index in [2.05, 4.69) is 16.0 Å². The zero-order valence-corrected chi connectivity index (χ0v) is 18.9. The monoisotopic (exact) mass is 443 g/mol. The number of carbonyl (C=O) groups excluding carboxylic acids is 2. The third-order valence-electron chi connectivity index (χ3n) is 5.86. The molecule has 170 valence electrons. The lowest BCUT2D eigenvalue weighted by Gasteiger charge is -2.20. The van der Waals surface area contributed by atoms with Crippen molar-refractivity contribution < 1.29 is 14.3 Å². The van der Waals surface area contributed by atoms with Crippen molar-refractivity contribution in [3.8, 4) is 5.75 Å². The van der Waals surface area contributed by atoms with E-state index in [-0.39, 0.29) is 24.4 Å². The highest BCUT2D eigenvalue weighted by Gasteiger charge is 2.33. The molecule has 0 aliphatic heterocycles. The fourth-order valence-corrected chi connectivity index (χ4v) is 3.80. The second kappa shape index (κ2) is 10.2. The van der Waals surface area contributed by atoms with Crippen LogP contribution in [0.3, 0.4) is 0 Å². The Hall–Kier alpha value is -3.80. The van der Waals surface area contributed by atoms with Gasteiger partial charge in [-0.3, -0.25) is 9.59 Å². The first-order valence-corrected chi connectivity index (χ1v) is 11.2. The van der Waals surface area contributed by atoms with Crippen molar-refractivity contribution in [1.82, 2.24) is 5.32 Å². The number of nitrogens with one attached hydrogen (secondary N) is 3. The lowest BCUT2D eigenvalue weighted by atomic mass is 10.0. The number of ether oxygens (including phenoxy) is 1. The maximum Gasteiger partial charge on any atom is 0.255 e. The molecular formula is C27H29N3O3. The van der Waals surface area contributed by atoms with Crippen LogP contribution in [0.25, 0.3) is 0 Å². The molecule has 0 radical (unpaired) electrons. The maximum absolute atomic E-state index is 12.7. The number of carbonyl (C=O) groups is 2. The smallest absolute Gasteiger partial charge is 0.255 e. The van der Waals surface area contributed by atoms with E-state index in [9.17, 15) is 9.59 Å². The molecular weight excluding hydrogens is 414 g/mol. The van der Waals surface area contributed by atoms with Gasteiger partial charge in [0.25, 0.3) is 5.91 Å². The number of hydrogen-bond donors (Lipinski definition) is 3. The van der Waals surface area contributed by atoms with Gasteiger partial charge >= 0.3 is 0 Å². The molecule has 0 heterocycles. The third kappa shape index (κ3) is 5.92. The highest BCUT2D eigenvalue weighted by molar-refractivity contribution is 6.04. The van der Waals surface area contributed by atoms with E-state index in [1.165, 1.54) is 0 Å². The van der Waals surface area contributed by atoms with Crippen LogP contribution in [0.4, 0.5) is 11.4 Å². The molecule has 0 aromatic heterocycles. The fourth-order valence-electron chi connectivity index (χ4n) is 3.80. The number of methoxy groups -OCH3 is 1. The number of anilines is 2. The number of amides is 2. The van der Waals surface area contributed by atoms with Crippen LogP contribution in [0.1, 0.15) is 40.4 Å². The van der Waals surface area contributed by atoms with Gasteiger partial charge in [0.1, 0.15) is 5.75 Å². The van der Waals surface area contributed by atoms with Crippen molar-refractivity contribution in [2.45, 2.75) is 25.8 Å². The predicted molar refractivity (Wildman–Crippen MR) is 131 cm³/mol. The van der Waals surface area contributed by atoms with Crippen LogP contribution in [0, 0.1) is 12.8 Å². The molecule has 0 bridgehead atoms. The summed E-state index contributed by atoms with van der Waals surface area (Å²) >= 11 is 0. The predicted octanol–water partition coefficient (Wildman–Crippen LogP) is 4.94. The Bertz CT molecular complexity index is 1110. The zero-order chi connectivity index (χ0) is 23.2. The first-order chi connectivity index (χ1) is 16.0. The molecule has 3 N–H and O–H groups in total. The lowest BCUT2D eigenvalue weighted by molar-refractivity contribution is -0.120. The minimum absolute atomic E-state index is 0.00259. The van der Waals surface area contributed by atoms with Crippen LogP contribution >= 0.6 is 0 Å². The van der Waals surface area contributed by atoms with Crippen molar-refractivity contribution in [2.75, 3.05) is 24.3 Å². The fraction of sp³-hybridized carbons (Fsp3) is 0.259. The second-order valence-electron chi connectivity index (χ2n) is 8.36. The first-order valence-electron chi connectivity index (χ1n) is 11.2. The lowest BCUT2D eigenvalue weighted by Crippen LogP contribution is -2.34. The number of aryl methyl sites for hydroxylation is 1. The van der Waals surface area contributed by atoms with Gasteiger partial charge in [-0.05, 0) is 73.2 Å². The van der Waals surface area contributed by atoms with Crippen LogP contribution < -0.4 is 20.7 Å². The first kappa shape index (κ1) is 22.4. The van der Waals surface area contributed by atoms with Crippen molar-refractivity contribution in [3.63, 3.8) is 0 Å². The average molecular weight is 444 g/mol. The standard InChI is InChI=1S/C27H29N3O3/c1-18-8-13-22(29-27(32)21-6-4-3-5-7-21)16-24(18)28-17-25(31)30-26(19-9-10-19)20-11-14-23(33-2)15-12-20/h3-8,11-16,19,26,28H,9-10,17H2,1-2H3,(H,29,32)(H,30,31). The number of hydrogen-bond acceptors (Lipinski definition) is 4. The molecule has 1 saturated carbocycles. The van der Waals surface area contributed by atoms with Gasteiger partial charge in [-0.15, -0.1) is 0 Å². The van der Waals surface area contributed by atoms with Gasteiger partial charge in [-0.1, -0.05) is 36.4 Å². The van der Waals surface area contributed by atoms with Crippen molar-refractivity contribution in [1.29, 1.82) is 0 Å². The van der Waals surface area contributed by atoms with E-state index in [0.717, 1.165) is 35.4 Å². The Morgan fingerprint density at radius 3 is 2.39 bits per heavy atom. The Morgan fingerprint density at radius 2 is 1.73 bits per heavy atom. The summed E-state index contributed by atoms with van der Waals surface area (Å²) in [6.45, 7) is 2.11. The minimum atomic E-state index is -0.171. The van der Waals surface area contributed by atoms with E-state index in [1.54, 1.807) is 19.2 Å². The third-order valence-corrected chi connectivity index (χ3v) is 5.86. The molecule has 4 rings (SSSR count). The summed E-state index contributed by atoms with van der Waals surface area (Å²) in [4.78, 5) is 25.2. The second-order valence-corrected chi connectivity index (χ2v) is 8.36. The van der Waals surface area contributed by atoms with Gasteiger partial charge in [-0.25, -0.2) is 0 Å². The number of rotatable bonds is 9. The summed E-state index contributed by atoms with van der Waals surface area (Å²) in [5.41, 5.74) is 4.16. The molecule has 0 spiro atoms. The Morgan fingerprint density at radius 1 is 1.00 bits per heavy atom. The topological polar surface area (TPSA) is 79.5 Å². The van der Waals surface area contributed by atoms with E-state index in [0.29, 0.717) is 17.2 Å². The molecule has 6 heteroatoms. The largest absolute Gasteiger partial charge is 0.497 e. The van der Waals surface area contributed by atoms with E-state index < -0.39 is 0 Å². The molecule has 3 aromatic rings. The summed E-state index contributed by atoms with van der Waals surface area (Å²) in [7, 11) is 1.64. The summed E-state index contributed by atoms with van der Waals surface area (Å²) in [6, 6.07) is 22.6. The van der Waals surface area contributed by atoms with Crippen LogP contribution in [-0.4, -0.2) is 25.5 Å². The van der Waals surface area contributed by atoms with Crippen molar-refractivity contribution in [2.24, 2.45) is 5.92 Å². The van der Waals surface area contributed by atoms with Gasteiger partial charge in [0.05, 0.1) is 19.7 Å². The Labute approximate surface area is 194 Å². The van der Waals surface area contributed by atoms with Gasteiger partial charge in [-0.2, -0.15) is 0 Å². The van der Waals surface area contributed by atoms with Crippen LogP contribution in [0.2, 0.25) is 0 Å². The van der Waals surface area contributed by atoms with Gasteiger partial charge in [0.2, 0.25) is 5.91 Å². The quantitative estimate of drug-likeness (QED) is 0.438. The molecule has 33 heavy (non-hydrogen) atoms. The highest BCUT2D eigenvalue weighted by Crippen LogP contribution is 2.41. The molecule has 1 atom stereocenters. The van der Waals surface area contributed by atoms with Crippen LogP contribution in [0.5, 0.6) is 5.75 Å². The summed E-state index contributed by atoms with van der Waals surface area (Å²) < 4.78 is 5.24. The molecule has 0 saturated heterocycles. The molecule has 1 aliphatic rings. The minimum Gasteiger partial charge on any atom is -0.497 e. The van der Waals surface area contributed by atoms with Gasteiger partial charge in [0, 0.05) is 16.9 Å². The van der Waals surface area contributed by atoms with Crippen LogP contribution in [-0.2, 0) is 4.79 Å². The van der Waals surface area contributed by atoms with E-state index in [1.807, 2.05) is 67.6 Å². The highest BCUT2D eigenvalue weighted by atomic mass is 16.5. The molecule has 3 aromatic carbocycles. The summed E-state index contributed by atoms with van der Waals surface area (Å²) in [5, 5.41) is 9.31. The van der Waals surface area contributed by atoms with Crippen molar-refractivity contribution >= 4 is 23.2 Å². The normalized spacial score (nSPS) is 13.6. The molecule has 1 fully saturated rings. The summed E-state index contributed by atoms with van der Waals surface area (Å²) in [5.74, 6) is 1.03. The molecule has 1 aliphatic carbocycles. The Balaban J connectivity index is 1.37. The SMILES string of the molecule is COc1ccc(C(NC(=O)CNc2cc(NC(=O)c3ccccc3)ccc2C)C2CC2)cc1. The average Bonchev–Trinajstić information content (AvgIpc) is 3.69. The zero-order valence-electron chi connectivity index (χ0n) is 18.9. The maximum atomic E-state index is 12.7.